The van der Waals surface area contributed by atoms with E-state index >= 15 is 0 Å². The molecule has 0 aromatic heterocycles. The van der Waals surface area contributed by atoms with Gasteiger partial charge in [-0.25, -0.2) is 8.42 Å². The number of Topliss-reactive ketones (excluding diaryl/α,β-unsaturated/α-hetero) is 1. The number of fused-ring (bicyclic) bond motifs is 1. The summed E-state index contributed by atoms with van der Waals surface area (Å²) in [5.74, 6) is 0.134. The van der Waals surface area contributed by atoms with Gasteiger partial charge in [-0.1, -0.05) is 18.2 Å². The highest BCUT2D eigenvalue weighted by Crippen LogP contribution is 2.41. The fourth-order valence-corrected chi connectivity index (χ4v) is 6.31. The van der Waals surface area contributed by atoms with Crippen LogP contribution in [0, 0.1) is 0 Å². The van der Waals surface area contributed by atoms with Gasteiger partial charge >= 0.3 is 0 Å². The summed E-state index contributed by atoms with van der Waals surface area (Å²) in [5.41, 5.74) is 2.26. The number of nitrogens with zero attached hydrogens (tertiary/aromatic N) is 1. The van der Waals surface area contributed by atoms with Crippen LogP contribution in [0.1, 0.15) is 36.2 Å². The summed E-state index contributed by atoms with van der Waals surface area (Å²) in [6, 6.07) is 16.3. The molecule has 0 radical (unpaired) electrons. The van der Waals surface area contributed by atoms with Crippen LogP contribution in [0.25, 0.3) is 0 Å². The molecule has 0 spiro atoms. The number of hydrogen-bond donors (Lipinski definition) is 1. The standard InChI is InChI=1S/C28H30N2O7S/c1-18-9-10-21-7-5-6-8-24(21)30(18)38(33,34)27-15-23(25(35-3)16-26(27)36-4)29-28(32)17-37-22-13-11-20(12-14-22)19(2)31/h5-8,11-16,18H,9-10,17H2,1-4H3,(H,29,32)/t18-/m0/s1. The van der Waals surface area contributed by atoms with Crippen LogP contribution in [0.3, 0.4) is 0 Å². The minimum Gasteiger partial charge on any atom is -0.495 e. The van der Waals surface area contributed by atoms with Gasteiger partial charge in [0.1, 0.15) is 22.1 Å². The number of anilines is 2. The van der Waals surface area contributed by atoms with Crippen molar-refractivity contribution in [3.63, 3.8) is 0 Å². The highest BCUT2D eigenvalue weighted by Gasteiger charge is 2.36. The molecule has 0 fully saturated rings. The van der Waals surface area contributed by atoms with Gasteiger partial charge in [0.05, 0.1) is 25.6 Å². The zero-order valence-electron chi connectivity index (χ0n) is 21.7. The van der Waals surface area contributed by atoms with Gasteiger partial charge in [-0.05, 0) is 68.7 Å². The SMILES string of the molecule is COc1cc(OC)c(S(=O)(=O)N2c3ccccc3CC[C@@H]2C)cc1NC(=O)COc1ccc(C(C)=O)cc1. The molecule has 9 nitrogen and oxygen atoms in total. The Labute approximate surface area is 222 Å². The van der Waals surface area contributed by atoms with E-state index < -0.39 is 15.9 Å². The summed E-state index contributed by atoms with van der Waals surface area (Å²) >= 11 is 0. The van der Waals surface area contributed by atoms with E-state index in [0.717, 1.165) is 12.0 Å². The lowest BCUT2D eigenvalue weighted by atomic mass is 9.99. The van der Waals surface area contributed by atoms with Crippen LogP contribution in [0.2, 0.25) is 0 Å². The van der Waals surface area contributed by atoms with Gasteiger partial charge in [-0.2, -0.15) is 0 Å². The van der Waals surface area contributed by atoms with Crippen molar-refractivity contribution in [2.45, 2.75) is 37.6 Å². The molecular formula is C28H30N2O7S. The predicted molar refractivity (Wildman–Crippen MR) is 144 cm³/mol. The number of ketones is 1. The molecule has 1 aliphatic rings. The minimum absolute atomic E-state index is 0.0749. The maximum Gasteiger partial charge on any atom is 0.268 e. The Morgan fingerprint density at radius 2 is 1.68 bits per heavy atom. The second kappa shape index (κ2) is 11.1. The molecule has 0 saturated heterocycles. The van der Waals surface area contributed by atoms with Crippen molar-refractivity contribution >= 4 is 33.1 Å². The average molecular weight is 539 g/mol. The van der Waals surface area contributed by atoms with Crippen LogP contribution in [-0.2, 0) is 21.2 Å². The maximum absolute atomic E-state index is 14.0. The van der Waals surface area contributed by atoms with E-state index in [4.69, 9.17) is 14.2 Å². The van der Waals surface area contributed by atoms with Gasteiger partial charge in [0.2, 0.25) is 0 Å². The molecule has 10 heteroatoms. The molecular weight excluding hydrogens is 508 g/mol. The van der Waals surface area contributed by atoms with Gasteiger partial charge in [-0.15, -0.1) is 0 Å². The van der Waals surface area contributed by atoms with Crippen molar-refractivity contribution in [3.05, 3.63) is 71.8 Å². The highest BCUT2D eigenvalue weighted by molar-refractivity contribution is 7.93. The molecule has 4 rings (SSSR count). The van der Waals surface area contributed by atoms with E-state index in [-0.39, 0.29) is 40.5 Å². The van der Waals surface area contributed by atoms with Crippen molar-refractivity contribution in [3.8, 4) is 17.2 Å². The van der Waals surface area contributed by atoms with Crippen LogP contribution < -0.4 is 23.8 Å². The quantitative estimate of drug-likeness (QED) is 0.401. The molecule has 0 unspecified atom stereocenters. The van der Waals surface area contributed by atoms with Gasteiger partial charge < -0.3 is 19.5 Å². The molecule has 200 valence electrons. The number of amides is 1. The van der Waals surface area contributed by atoms with Crippen LogP contribution >= 0.6 is 0 Å². The Morgan fingerprint density at radius 3 is 2.34 bits per heavy atom. The Balaban J connectivity index is 1.62. The number of ether oxygens (including phenoxy) is 3. The number of carbonyl (C=O) groups is 2. The third-order valence-electron chi connectivity index (χ3n) is 6.39. The number of methoxy groups -OCH3 is 2. The summed E-state index contributed by atoms with van der Waals surface area (Å²) in [6.45, 7) is 2.99. The molecule has 0 saturated carbocycles. The zero-order valence-corrected chi connectivity index (χ0v) is 22.5. The summed E-state index contributed by atoms with van der Waals surface area (Å²) in [7, 11) is -1.28. The lowest BCUT2D eigenvalue weighted by Crippen LogP contribution is -2.42. The van der Waals surface area contributed by atoms with E-state index in [1.165, 1.54) is 37.6 Å². The fourth-order valence-electron chi connectivity index (χ4n) is 4.42. The first-order valence-electron chi connectivity index (χ1n) is 12.1. The van der Waals surface area contributed by atoms with Crippen LogP contribution in [0.5, 0.6) is 17.2 Å². The molecule has 0 bridgehead atoms. The van der Waals surface area contributed by atoms with Crippen molar-refractivity contribution < 1.29 is 32.2 Å². The first-order chi connectivity index (χ1) is 18.1. The monoisotopic (exact) mass is 538 g/mol. The van der Waals surface area contributed by atoms with Gasteiger partial charge in [0.15, 0.2) is 12.4 Å². The number of benzene rings is 3. The predicted octanol–water partition coefficient (Wildman–Crippen LogP) is 4.45. The number of aryl methyl sites for hydroxylation is 1. The summed E-state index contributed by atoms with van der Waals surface area (Å²) < 4.78 is 45.8. The lowest BCUT2D eigenvalue weighted by Gasteiger charge is -2.36. The summed E-state index contributed by atoms with van der Waals surface area (Å²) in [5, 5.41) is 2.68. The van der Waals surface area contributed by atoms with Crippen molar-refractivity contribution in [1.82, 2.24) is 0 Å². The van der Waals surface area contributed by atoms with E-state index in [1.807, 2.05) is 25.1 Å². The summed E-state index contributed by atoms with van der Waals surface area (Å²) in [4.78, 5) is 24.1. The van der Waals surface area contributed by atoms with Crippen molar-refractivity contribution in [2.75, 3.05) is 30.4 Å². The molecule has 3 aromatic rings. The number of rotatable bonds is 9. The third kappa shape index (κ3) is 5.45. The van der Waals surface area contributed by atoms with Crippen LogP contribution in [-0.4, -0.2) is 47.0 Å². The molecule has 1 N–H and O–H groups in total. The second-order valence-corrected chi connectivity index (χ2v) is 10.7. The Hall–Kier alpha value is -4.05. The topological polar surface area (TPSA) is 111 Å². The van der Waals surface area contributed by atoms with E-state index in [0.29, 0.717) is 23.4 Å². The first kappa shape index (κ1) is 27.0. The number of sulfonamides is 1. The number of nitrogens with one attached hydrogen (secondary N) is 1. The first-order valence-corrected chi connectivity index (χ1v) is 13.5. The van der Waals surface area contributed by atoms with Gasteiger partial charge in [0, 0.05) is 17.7 Å². The van der Waals surface area contributed by atoms with Crippen LogP contribution in [0.15, 0.2) is 65.6 Å². The Bertz CT molecular complexity index is 1450. The van der Waals surface area contributed by atoms with E-state index in [9.17, 15) is 18.0 Å². The second-order valence-electron chi connectivity index (χ2n) is 8.94. The lowest BCUT2D eigenvalue weighted by molar-refractivity contribution is -0.118. The van der Waals surface area contributed by atoms with E-state index in [2.05, 4.69) is 5.32 Å². The summed E-state index contributed by atoms with van der Waals surface area (Å²) in [6.07, 6.45) is 1.45. The number of carbonyl (C=O) groups excluding carboxylic acids is 2. The Kier molecular flexibility index (Phi) is 7.91. The number of hydrogen-bond acceptors (Lipinski definition) is 7. The Morgan fingerprint density at radius 1 is 1.00 bits per heavy atom. The van der Waals surface area contributed by atoms with Crippen LogP contribution in [0.4, 0.5) is 11.4 Å². The molecule has 0 aliphatic carbocycles. The van der Waals surface area contributed by atoms with Crippen molar-refractivity contribution in [1.29, 1.82) is 0 Å². The maximum atomic E-state index is 14.0. The molecule has 1 aliphatic heterocycles. The fraction of sp³-hybridized carbons (Fsp3) is 0.286. The molecule has 3 aromatic carbocycles. The highest BCUT2D eigenvalue weighted by atomic mass is 32.2. The molecule has 1 atom stereocenters. The average Bonchev–Trinajstić information content (AvgIpc) is 2.91. The van der Waals surface area contributed by atoms with Gasteiger partial charge in [0.25, 0.3) is 15.9 Å². The van der Waals surface area contributed by atoms with Crippen molar-refractivity contribution in [2.24, 2.45) is 0 Å². The molecule has 38 heavy (non-hydrogen) atoms. The number of para-hydroxylation sites is 1. The molecule has 1 amide bonds. The largest absolute Gasteiger partial charge is 0.495 e. The van der Waals surface area contributed by atoms with E-state index in [1.54, 1.807) is 30.3 Å². The van der Waals surface area contributed by atoms with Gasteiger partial charge in [-0.3, -0.25) is 13.9 Å². The molecule has 1 heterocycles. The normalized spacial score (nSPS) is 14.8. The minimum atomic E-state index is -4.07. The third-order valence-corrected chi connectivity index (χ3v) is 8.34. The smallest absolute Gasteiger partial charge is 0.268 e. The zero-order chi connectivity index (χ0) is 27.4.